The predicted octanol–water partition coefficient (Wildman–Crippen LogP) is 2.00. The van der Waals surface area contributed by atoms with Gasteiger partial charge in [0.15, 0.2) is 4.90 Å². The van der Waals surface area contributed by atoms with Gasteiger partial charge < -0.3 is 0 Å². The van der Waals surface area contributed by atoms with Crippen LogP contribution in [0, 0.1) is 25.0 Å². The Hall–Kier alpha value is -0.920. The monoisotopic (exact) mass is 372 g/mol. The molecule has 1 aromatic rings. The van der Waals surface area contributed by atoms with Crippen molar-refractivity contribution in [1.82, 2.24) is 0 Å². The van der Waals surface area contributed by atoms with E-state index in [1.54, 1.807) is 28.7 Å². The van der Waals surface area contributed by atoms with Gasteiger partial charge in [0.2, 0.25) is 0 Å². The molecule has 0 bridgehead atoms. The van der Waals surface area contributed by atoms with Crippen molar-refractivity contribution in [3.05, 3.63) is 31.4 Å². The highest BCUT2D eigenvalue weighted by Gasteiger charge is 2.26. The molecule has 0 heterocycles. The van der Waals surface area contributed by atoms with E-state index in [4.69, 9.17) is 15.9 Å². The van der Waals surface area contributed by atoms with E-state index in [1.807, 2.05) is 0 Å². The van der Waals surface area contributed by atoms with E-state index in [1.165, 1.54) is 0 Å². The Morgan fingerprint density at radius 3 is 2.44 bits per heavy atom. The third-order valence-corrected chi connectivity index (χ3v) is 3.87. The molecular formula is C7H2ClIN2O4S. The molecule has 0 aliphatic rings. The standard InChI is InChI=1S/C7H2ClIN2O4S/c8-16(14,15)7-2-5(9)4(3-10)1-6(7)11(12)13/h1-2H. The minimum atomic E-state index is -4.21. The molecule has 0 radical (unpaired) electrons. The Bertz CT molecular complexity index is 608. The van der Waals surface area contributed by atoms with Crippen molar-refractivity contribution >= 4 is 48.0 Å². The zero-order valence-electron chi connectivity index (χ0n) is 7.35. The first-order chi connectivity index (χ1) is 7.27. The number of benzene rings is 1. The summed E-state index contributed by atoms with van der Waals surface area (Å²) in [7, 11) is 0.847. The lowest BCUT2D eigenvalue weighted by Crippen LogP contribution is -2.01. The molecule has 0 unspecified atom stereocenters. The fourth-order valence-corrected chi connectivity index (χ4v) is 2.78. The van der Waals surface area contributed by atoms with Crippen molar-refractivity contribution in [2.45, 2.75) is 4.90 Å². The lowest BCUT2D eigenvalue weighted by Gasteiger charge is -2.01. The number of nitro groups is 1. The van der Waals surface area contributed by atoms with Gasteiger partial charge in [0, 0.05) is 20.3 Å². The molecule has 0 aliphatic heterocycles. The molecule has 9 heteroatoms. The molecule has 0 aromatic heterocycles. The van der Waals surface area contributed by atoms with Crippen molar-refractivity contribution in [3.63, 3.8) is 0 Å². The number of hydrogen-bond donors (Lipinski definition) is 0. The lowest BCUT2D eigenvalue weighted by atomic mass is 10.2. The third kappa shape index (κ3) is 2.60. The Morgan fingerprint density at radius 2 is 2.06 bits per heavy atom. The van der Waals surface area contributed by atoms with E-state index in [2.05, 4.69) is 0 Å². The zero-order valence-corrected chi connectivity index (χ0v) is 11.1. The summed E-state index contributed by atoms with van der Waals surface area (Å²) in [4.78, 5) is 9.11. The molecule has 16 heavy (non-hydrogen) atoms. The van der Waals surface area contributed by atoms with Crippen LogP contribution in [0.2, 0.25) is 0 Å². The maximum Gasteiger partial charge on any atom is 0.290 e. The van der Waals surface area contributed by atoms with Crippen LogP contribution in [0.5, 0.6) is 0 Å². The molecular weight excluding hydrogens is 371 g/mol. The summed E-state index contributed by atoms with van der Waals surface area (Å²) in [5.74, 6) is 0. The van der Waals surface area contributed by atoms with E-state index >= 15 is 0 Å². The highest BCUT2D eigenvalue weighted by molar-refractivity contribution is 14.1. The van der Waals surface area contributed by atoms with Crippen LogP contribution in [0.25, 0.3) is 0 Å². The SMILES string of the molecule is N#Cc1cc([N+](=O)[O-])c(S(=O)(=O)Cl)cc1I. The topological polar surface area (TPSA) is 101 Å². The maximum atomic E-state index is 11.1. The number of halogens is 2. The first kappa shape index (κ1) is 13.1. The minimum absolute atomic E-state index is 0.0244. The Kier molecular flexibility index (Phi) is 3.72. The van der Waals surface area contributed by atoms with Gasteiger partial charge in [0.05, 0.1) is 10.5 Å². The Morgan fingerprint density at radius 1 is 1.50 bits per heavy atom. The second kappa shape index (κ2) is 4.52. The summed E-state index contributed by atoms with van der Waals surface area (Å²) in [6.45, 7) is 0. The van der Waals surface area contributed by atoms with Crippen LogP contribution in [0.1, 0.15) is 5.56 Å². The average molecular weight is 373 g/mol. The van der Waals surface area contributed by atoms with Crippen molar-refractivity contribution in [2.24, 2.45) is 0 Å². The van der Waals surface area contributed by atoms with Gasteiger partial charge in [-0.3, -0.25) is 10.1 Å². The summed E-state index contributed by atoms with van der Waals surface area (Å²) in [6, 6.07) is 3.60. The molecule has 6 nitrogen and oxygen atoms in total. The molecule has 84 valence electrons. The second-order valence-electron chi connectivity index (χ2n) is 2.61. The molecule has 0 N–H and O–H groups in total. The summed E-state index contributed by atoms with van der Waals surface area (Å²) >= 11 is 1.70. The molecule has 0 aliphatic carbocycles. The molecule has 0 saturated heterocycles. The van der Waals surface area contributed by atoms with Gasteiger partial charge >= 0.3 is 0 Å². The largest absolute Gasteiger partial charge is 0.290 e. The van der Waals surface area contributed by atoms with Crippen molar-refractivity contribution in [3.8, 4) is 6.07 Å². The van der Waals surface area contributed by atoms with Gasteiger partial charge in [-0.05, 0) is 28.7 Å². The van der Waals surface area contributed by atoms with Gasteiger partial charge in [0.1, 0.15) is 6.07 Å². The number of nitrogens with zero attached hydrogens (tertiary/aromatic N) is 2. The number of hydrogen-bond acceptors (Lipinski definition) is 5. The summed E-state index contributed by atoms with van der Waals surface area (Å²) in [6.07, 6.45) is 0. The van der Waals surface area contributed by atoms with Crippen LogP contribution in [0.3, 0.4) is 0 Å². The van der Waals surface area contributed by atoms with Crippen LogP contribution >= 0.6 is 33.3 Å². The van der Waals surface area contributed by atoms with Gasteiger partial charge in [-0.25, -0.2) is 8.42 Å². The number of nitriles is 1. The van der Waals surface area contributed by atoms with Gasteiger partial charge in [-0.1, -0.05) is 0 Å². The second-order valence-corrected chi connectivity index (χ2v) is 6.30. The van der Waals surface area contributed by atoms with E-state index in [9.17, 15) is 18.5 Å². The summed E-state index contributed by atoms with van der Waals surface area (Å²) in [5.41, 5.74) is -0.677. The van der Waals surface area contributed by atoms with Crippen LogP contribution < -0.4 is 0 Å². The molecule has 0 saturated carbocycles. The quantitative estimate of drug-likeness (QED) is 0.342. The molecule has 0 fully saturated rings. The highest BCUT2D eigenvalue weighted by atomic mass is 127. The normalized spacial score (nSPS) is 10.8. The molecule has 0 amide bonds. The lowest BCUT2D eigenvalue weighted by molar-refractivity contribution is -0.387. The molecule has 1 rings (SSSR count). The maximum absolute atomic E-state index is 11.1. The zero-order chi connectivity index (χ0) is 12.5. The first-order valence-corrected chi connectivity index (χ1v) is 6.99. The average Bonchev–Trinajstić information content (AvgIpc) is 2.15. The van der Waals surface area contributed by atoms with Crippen molar-refractivity contribution in [1.29, 1.82) is 5.26 Å². The van der Waals surface area contributed by atoms with E-state index in [-0.39, 0.29) is 9.13 Å². The van der Waals surface area contributed by atoms with Gasteiger partial charge in [-0.2, -0.15) is 5.26 Å². The first-order valence-electron chi connectivity index (χ1n) is 3.60. The van der Waals surface area contributed by atoms with Crippen molar-refractivity contribution in [2.75, 3.05) is 0 Å². The smallest absolute Gasteiger partial charge is 0.258 e. The fourth-order valence-electron chi connectivity index (χ4n) is 0.967. The van der Waals surface area contributed by atoms with E-state index < -0.39 is 24.6 Å². The Balaban J connectivity index is 3.70. The molecule has 1 aromatic carbocycles. The van der Waals surface area contributed by atoms with Crippen LogP contribution in [0.4, 0.5) is 5.69 Å². The number of rotatable bonds is 2. The minimum Gasteiger partial charge on any atom is -0.258 e. The summed E-state index contributed by atoms with van der Waals surface area (Å²) < 4.78 is 22.5. The Labute approximate surface area is 109 Å². The fraction of sp³-hybridized carbons (Fsp3) is 0. The van der Waals surface area contributed by atoms with Gasteiger partial charge in [-0.15, -0.1) is 0 Å². The van der Waals surface area contributed by atoms with E-state index in [0.29, 0.717) is 0 Å². The third-order valence-electron chi connectivity index (χ3n) is 1.63. The van der Waals surface area contributed by atoms with Crippen molar-refractivity contribution < 1.29 is 13.3 Å². The van der Waals surface area contributed by atoms with Crippen LogP contribution in [-0.2, 0) is 9.05 Å². The summed E-state index contributed by atoms with van der Waals surface area (Å²) in [5, 5.41) is 19.3. The number of nitro benzene ring substituents is 1. The van der Waals surface area contributed by atoms with Crippen LogP contribution in [-0.4, -0.2) is 13.3 Å². The van der Waals surface area contributed by atoms with E-state index in [0.717, 1.165) is 12.1 Å². The van der Waals surface area contributed by atoms with Gasteiger partial charge in [0.25, 0.3) is 14.7 Å². The molecule has 0 spiro atoms. The highest BCUT2D eigenvalue weighted by Crippen LogP contribution is 2.30. The van der Waals surface area contributed by atoms with Crippen LogP contribution in [0.15, 0.2) is 17.0 Å². The molecule has 0 atom stereocenters. The predicted molar refractivity (Wildman–Crippen MR) is 63.6 cm³/mol.